The molecule has 1 aromatic heterocycles. The van der Waals surface area contributed by atoms with Gasteiger partial charge in [0.15, 0.2) is 5.69 Å². The fraction of sp³-hybridized carbons (Fsp3) is 0.400. The van der Waals surface area contributed by atoms with Crippen molar-refractivity contribution in [2.45, 2.75) is 39.5 Å². The number of carboxylic acids is 1. The first-order valence-corrected chi connectivity index (χ1v) is 6.85. The van der Waals surface area contributed by atoms with Crippen molar-refractivity contribution in [2.75, 3.05) is 0 Å². The zero-order valence-corrected chi connectivity index (χ0v) is 12.0. The lowest BCUT2D eigenvalue weighted by Gasteiger charge is -2.16. The van der Waals surface area contributed by atoms with Gasteiger partial charge in [0.05, 0.1) is 11.4 Å². The molecule has 0 saturated carbocycles. The first-order valence-electron chi connectivity index (χ1n) is 6.85. The fourth-order valence-electron chi connectivity index (χ4n) is 2.46. The first-order chi connectivity index (χ1) is 9.60. The summed E-state index contributed by atoms with van der Waals surface area (Å²) < 4.78 is 1.68. The van der Waals surface area contributed by atoms with E-state index in [0.29, 0.717) is 5.69 Å². The van der Waals surface area contributed by atoms with Crippen molar-refractivity contribution in [1.29, 1.82) is 0 Å². The van der Waals surface area contributed by atoms with Gasteiger partial charge in [-0.15, -0.1) is 5.10 Å². The van der Waals surface area contributed by atoms with Crippen LogP contribution in [0.2, 0.25) is 0 Å². The largest absolute Gasteiger partial charge is 0.476 e. The molecule has 0 radical (unpaired) electrons. The average Bonchev–Trinajstić information content (AvgIpc) is 2.86. The summed E-state index contributed by atoms with van der Waals surface area (Å²) in [6.45, 7) is 6.08. The number of carbonyl (C=O) groups is 1. The molecule has 20 heavy (non-hydrogen) atoms. The second kappa shape index (κ2) is 5.86. The van der Waals surface area contributed by atoms with E-state index in [0.717, 1.165) is 24.1 Å². The van der Waals surface area contributed by atoms with Crippen molar-refractivity contribution in [3.05, 3.63) is 41.2 Å². The van der Waals surface area contributed by atoms with E-state index in [2.05, 4.69) is 24.2 Å². The van der Waals surface area contributed by atoms with Crippen molar-refractivity contribution in [1.82, 2.24) is 15.0 Å². The summed E-state index contributed by atoms with van der Waals surface area (Å²) in [7, 11) is 0. The third kappa shape index (κ3) is 2.43. The van der Waals surface area contributed by atoms with E-state index in [1.807, 2.05) is 31.2 Å². The van der Waals surface area contributed by atoms with Gasteiger partial charge < -0.3 is 5.11 Å². The number of aryl methyl sites for hydroxylation is 1. The predicted octanol–water partition coefficient (Wildman–Crippen LogP) is 3.18. The van der Waals surface area contributed by atoms with Crippen molar-refractivity contribution < 1.29 is 9.90 Å². The van der Waals surface area contributed by atoms with Crippen LogP contribution >= 0.6 is 0 Å². The quantitative estimate of drug-likeness (QED) is 0.908. The van der Waals surface area contributed by atoms with E-state index < -0.39 is 5.97 Å². The van der Waals surface area contributed by atoms with Crippen LogP contribution < -0.4 is 0 Å². The molecule has 0 bridgehead atoms. The molecule has 5 nitrogen and oxygen atoms in total. The topological polar surface area (TPSA) is 68.0 Å². The number of aromatic carboxylic acids is 1. The third-order valence-electron chi connectivity index (χ3n) is 3.62. The molecule has 0 unspecified atom stereocenters. The Bertz CT molecular complexity index is 615. The standard InChI is InChI=1S/C15H19N3O2/c1-4-11(5-2)14-13(15(19)20)16-17-18(14)12-9-7-6-8-10(12)3/h6-9,11H,4-5H2,1-3H3,(H,19,20). The van der Waals surface area contributed by atoms with Crippen LogP contribution in [0.1, 0.15) is 54.4 Å². The highest BCUT2D eigenvalue weighted by molar-refractivity contribution is 5.86. The van der Waals surface area contributed by atoms with E-state index in [1.54, 1.807) is 4.68 Å². The lowest BCUT2D eigenvalue weighted by Crippen LogP contribution is -2.12. The van der Waals surface area contributed by atoms with Crippen LogP contribution in [0.4, 0.5) is 0 Å². The highest BCUT2D eigenvalue weighted by atomic mass is 16.4. The monoisotopic (exact) mass is 273 g/mol. The van der Waals surface area contributed by atoms with Gasteiger partial charge >= 0.3 is 5.97 Å². The van der Waals surface area contributed by atoms with Gasteiger partial charge in [-0.2, -0.15) is 0 Å². The number of rotatable bonds is 5. The van der Waals surface area contributed by atoms with Crippen LogP contribution in [0.5, 0.6) is 0 Å². The molecule has 0 fully saturated rings. The predicted molar refractivity (Wildman–Crippen MR) is 76.4 cm³/mol. The van der Waals surface area contributed by atoms with Gasteiger partial charge in [0.2, 0.25) is 0 Å². The zero-order valence-electron chi connectivity index (χ0n) is 12.0. The van der Waals surface area contributed by atoms with E-state index in [-0.39, 0.29) is 11.6 Å². The van der Waals surface area contributed by atoms with Gasteiger partial charge in [0.25, 0.3) is 0 Å². The molecule has 0 aliphatic carbocycles. The van der Waals surface area contributed by atoms with Crippen LogP contribution in [0.3, 0.4) is 0 Å². The van der Waals surface area contributed by atoms with E-state index in [9.17, 15) is 9.90 Å². The Morgan fingerprint density at radius 3 is 2.50 bits per heavy atom. The molecule has 0 saturated heterocycles. The van der Waals surface area contributed by atoms with Gasteiger partial charge in [-0.3, -0.25) is 0 Å². The van der Waals surface area contributed by atoms with Crippen LogP contribution in [0.25, 0.3) is 5.69 Å². The lowest BCUT2D eigenvalue weighted by molar-refractivity contribution is 0.0688. The summed E-state index contributed by atoms with van der Waals surface area (Å²) in [5.74, 6) is -0.887. The van der Waals surface area contributed by atoms with E-state index in [1.165, 1.54) is 0 Å². The number of carboxylic acid groups (broad SMARTS) is 1. The Balaban J connectivity index is 2.65. The van der Waals surface area contributed by atoms with Crippen LogP contribution in [0.15, 0.2) is 24.3 Å². The van der Waals surface area contributed by atoms with Crippen molar-refractivity contribution in [3.63, 3.8) is 0 Å². The van der Waals surface area contributed by atoms with Gasteiger partial charge in [-0.25, -0.2) is 9.48 Å². The molecule has 0 atom stereocenters. The maximum absolute atomic E-state index is 11.4. The summed E-state index contributed by atoms with van der Waals surface area (Å²) in [6, 6.07) is 7.78. The summed E-state index contributed by atoms with van der Waals surface area (Å²) in [6.07, 6.45) is 1.71. The minimum atomic E-state index is -1.02. The molecule has 106 valence electrons. The molecular weight excluding hydrogens is 254 g/mol. The number of para-hydroxylation sites is 1. The maximum atomic E-state index is 11.4. The van der Waals surface area contributed by atoms with Crippen molar-refractivity contribution in [2.24, 2.45) is 0 Å². The Hall–Kier alpha value is -2.17. The zero-order chi connectivity index (χ0) is 14.7. The SMILES string of the molecule is CCC(CC)c1c(C(=O)O)nnn1-c1ccccc1C. The van der Waals surface area contributed by atoms with Crippen LogP contribution in [-0.4, -0.2) is 26.1 Å². The molecular formula is C15H19N3O2. The van der Waals surface area contributed by atoms with Gasteiger partial charge in [0, 0.05) is 5.92 Å². The summed E-state index contributed by atoms with van der Waals surface area (Å²) in [4.78, 5) is 11.4. The minimum Gasteiger partial charge on any atom is -0.476 e. The third-order valence-corrected chi connectivity index (χ3v) is 3.62. The molecule has 5 heteroatoms. The highest BCUT2D eigenvalue weighted by Gasteiger charge is 2.25. The Labute approximate surface area is 118 Å². The normalized spacial score (nSPS) is 11.0. The smallest absolute Gasteiger partial charge is 0.358 e. The van der Waals surface area contributed by atoms with Crippen molar-refractivity contribution in [3.8, 4) is 5.69 Å². The van der Waals surface area contributed by atoms with Gasteiger partial charge in [-0.1, -0.05) is 37.3 Å². The molecule has 0 amide bonds. The molecule has 0 aliphatic rings. The number of hydrogen-bond donors (Lipinski definition) is 1. The Kier molecular flexibility index (Phi) is 4.17. The second-order valence-electron chi connectivity index (χ2n) is 4.84. The number of aromatic nitrogens is 3. The molecule has 1 aromatic carbocycles. The highest BCUT2D eigenvalue weighted by Crippen LogP contribution is 2.28. The summed E-state index contributed by atoms with van der Waals surface area (Å²) in [5, 5.41) is 17.3. The minimum absolute atomic E-state index is 0.0574. The second-order valence-corrected chi connectivity index (χ2v) is 4.84. The molecule has 2 aromatic rings. The van der Waals surface area contributed by atoms with Crippen LogP contribution in [0, 0.1) is 6.92 Å². The molecule has 1 N–H and O–H groups in total. The molecule has 0 spiro atoms. The van der Waals surface area contributed by atoms with Crippen LogP contribution in [-0.2, 0) is 0 Å². The first kappa shape index (κ1) is 14.2. The molecule has 1 heterocycles. The fourth-order valence-corrected chi connectivity index (χ4v) is 2.46. The number of benzene rings is 1. The number of nitrogens with zero attached hydrogens (tertiary/aromatic N) is 3. The van der Waals surface area contributed by atoms with Crippen molar-refractivity contribution >= 4 is 5.97 Å². The maximum Gasteiger partial charge on any atom is 0.358 e. The van der Waals surface area contributed by atoms with Gasteiger partial charge in [0.1, 0.15) is 0 Å². The van der Waals surface area contributed by atoms with Gasteiger partial charge in [-0.05, 0) is 31.4 Å². The summed E-state index contributed by atoms with van der Waals surface area (Å²) in [5.41, 5.74) is 2.68. The Morgan fingerprint density at radius 2 is 1.95 bits per heavy atom. The summed E-state index contributed by atoms with van der Waals surface area (Å²) >= 11 is 0. The Morgan fingerprint density at radius 1 is 1.30 bits per heavy atom. The average molecular weight is 273 g/mol. The molecule has 0 aliphatic heterocycles. The number of hydrogen-bond acceptors (Lipinski definition) is 3. The molecule has 2 rings (SSSR count). The van der Waals surface area contributed by atoms with E-state index >= 15 is 0 Å². The van der Waals surface area contributed by atoms with E-state index in [4.69, 9.17) is 0 Å². The lowest BCUT2D eigenvalue weighted by atomic mass is 9.97.